The van der Waals surface area contributed by atoms with Crippen LogP contribution in [0.25, 0.3) is 0 Å². The van der Waals surface area contributed by atoms with Crippen molar-refractivity contribution in [1.82, 2.24) is 9.97 Å². The van der Waals surface area contributed by atoms with E-state index in [1.54, 1.807) is 0 Å². The molecule has 1 aromatic heterocycles. The van der Waals surface area contributed by atoms with Crippen LogP contribution in [0, 0.1) is 12.7 Å². The monoisotopic (exact) mass is 371 g/mol. The number of nitrogens with zero attached hydrogens (tertiary/aromatic N) is 4. The van der Waals surface area contributed by atoms with Crippen molar-refractivity contribution < 1.29 is 9.13 Å². The number of rotatable bonds is 5. The molecule has 7 heteroatoms. The Hall–Kier alpha value is -2.41. The Bertz CT molecular complexity index is 755. The number of benzene rings is 1. The second-order valence-electron chi connectivity index (χ2n) is 7.16. The summed E-state index contributed by atoms with van der Waals surface area (Å²) in [5.41, 5.74) is 2.01. The van der Waals surface area contributed by atoms with E-state index in [1.807, 2.05) is 25.1 Å². The van der Waals surface area contributed by atoms with Gasteiger partial charge in [-0.05, 0) is 44.0 Å². The van der Waals surface area contributed by atoms with Gasteiger partial charge in [-0.1, -0.05) is 0 Å². The molecule has 1 unspecified atom stereocenters. The number of anilines is 3. The van der Waals surface area contributed by atoms with Crippen molar-refractivity contribution >= 4 is 17.5 Å². The summed E-state index contributed by atoms with van der Waals surface area (Å²) >= 11 is 0. The van der Waals surface area contributed by atoms with Crippen molar-refractivity contribution in [1.29, 1.82) is 0 Å². The smallest absolute Gasteiger partial charge is 0.227 e. The zero-order chi connectivity index (χ0) is 18.6. The molecule has 1 N–H and O–H groups in total. The number of hydrogen-bond acceptors (Lipinski definition) is 6. The van der Waals surface area contributed by atoms with Gasteiger partial charge in [0.15, 0.2) is 0 Å². The number of halogens is 1. The van der Waals surface area contributed by atoms with Crippen molar-refractivity contribution in [2.75, 3.05) is 54.4 Å². The number of hydrogen-bond donors (Lipinski definition) is 1. The molecular weight excluding hydrogens is 345 g/mol. The van der Waals surface area contributed by atoms with Gasteiger partial charge in [0.1, 0.15) is 11.6 Å². The zero-order valence-electron chi connectivity index (χ0n) is 15.7. The molecule has 1 aromatic carbocycles. The molecule has 144 valence electrons. The standard InChI is InChI=1S/C20H26FN5O/c1-15-13-19(22-14-18-3-2-12-27-18)24-20(23-15)26-10-8-25(9-11-26)17-6-4-16(21)5-7-17/h4-7,13,18H,2-3,8-12,14H2,1H3,(H,22,23,24). The first-order valence-electron chi connectivity index (χ1n) is 9.64. The maximum absolute atomic E-state index is 13.1. The van der Waals surface area contributed by atoms with Gasteiger partial charge in [-0.3, -0.25) is 0 Å². The lowest BCUT2D eigenvalue weighted by Gasteiger charge is -2.36. The molecule has 0 spiro atoms. The quantitative estimate of drug-likeness (QED) is 0.872. The molecule has 0 amide bonds. The van der Waals surface area contributed by atoms with Crippen LogP contribution in [-0.4, -0.2) is 55.4 Å². The zero-order valence-corrected chi connectivity index (χ0v) is 15.7. The summed E-state index contributed by atoms with van der Waals surface area (Å²) in [6, 6.07) is 8.67. The molecule has 2 fully saturated rings. The second-order valence-corrected chi connectivity index (χ2v) is 7.16. The van der Waals surface area contributed by atoms with E-state index in [1.165, 1.54) is 12.1 Å². The van der Waals surface area contributed by atoms with Crippen LogP contribution in [-0.2, 0) is 4.74 Å². The fourth-order valence-electron chi connectivity index (χ4n) is 3.63. The molecule has 2 aromatic rings. The molecule has 0 radical (unpaired) electrons. The molecule has 2 aliphatic rings. The molecule has 3 heterocycles. The van der Waals surface area contributed by atoms with Crippen LogP contribution in [0.3, 0.4) is 0 Å². The van der Waals surface area contributed by atoms with E-state index in [0.29, 0.717) is 0 Å². The fourth-order valence-corrected chi connectivity index (χ4v) is 3.63. The van der Waals surface area contributed by atoms with Crippen molar-refractivity contribution in [2.24, 2.45) is 0 Å². The summed E-state index contributed by atoms with van der Waals surface area (Å²) in [6.07, 6.45) is 2.52. The molecule has 2 saturated heterocycles. The van der Waals surface area contributed by atoms with Gasteiger partial charge in [0.05, 0.1) is 6.10 Å². The third-order valence-corrected chi connectivity index (χ3v) is 5.13. The minimum atomic E-state index is -0.200. The molecule has 2 aliphatic heterocycles. The van der Waals surface area contributed by atoms with Gasteiger partial charge in [-0.2, -0.15) is 4.98 Å². The van der Waals surface area contributed by atoms with E-state index in [0.717, 1.165) is 75.3 Å². The van der Waals surface area contributed by atoms with Crippen molar-refractivity contribution in [2.45, 2.75) is 25.9 Å². The highest BCUT2D eigenvalue weighted by Crippen LogP contribution is 2.21. The Morgan fingerprint density at radius 3 is 2.56 bits per heavy atom. The van der Waals surface area contributed by atoms with Crippen molar-refractivity contribution in [3.8, 4) is 0 Å². The average Bonchev–Trinajstić information content (AvgIpc) is 3.20. The first kappa shape index (κ1) is 18.0. The van der Waals surface area contributed by atoms with E-state index in [2.05, 4.69) is 20.1 Å². The van der Waals surface area contributed by atoms with Gasteiger partial charge in [0.2, 0.25) is 5.95 Å². The Kier molecular flexibility index (Phi) is 5.38. The van der Waals surface area contributed by atoms with Crippen LogP contribution in [0.1, 0.15) is 18.5 Å². The van der Waals surface area contributed by atoms with E-state index in [4.69, 9.17) is 9.72 Å². The third-order valence-electron chi connectivity index (χ3n) is 5.13. The molecule has 0 saturated carbocycles. The lowest BCUT2D eigenvalue weighted by Crippen LogP contribution is -2.47. The predicted octanol–water partition coefficient (Wildman–Crippen LogP) is 2.84. The van der Waals surface area contributed by atoms with Gasteiger partial charge >= 0.3 is 0 Å². The maximum atomic E-state index is 13.1. The Labute approximate surface area is 159 Å². The third kappa shape index (κ3) is 4.47. The van der Waals surface area contributed by atoms with E-state index < -0.39 is 0 Å². The van der Waals surface area contributed by atoms with Crippen LogP contribution < -0.4 is 15.1 Å². The average molecular weight is 371 g/mol. The van der Waals surface area contributed by atoms with Crippen LogP contribution in [0.5, 0.6) is 0 Å². The molecule has 27 heavy (non-hydrogen) atoms. The topological polar surface area (TPSA) is 53.5 Å². The molecule has 6 nitrogen and oxygen atoms in total. The van der Waals surface area contributed by atoms with Crippen LogP contribution in [0.15, 0.2) is 30.3 Å². The Morgan fingerprint density at radius 1 is 1.11 bits per heavy atom. The normalized spacial score (nSPS) is 20.1. The molecular formula is C20H26FN5O. The van der Waals surface area contributed by atoms with E-state index in [-0.39, 0.29) is 11.9 Å². The highest BCUT2D eigenvalue weighted by atomic mass is 19.1. The van der Waals surface area contributed by atoms with Gasteiger partial charge in [0, 0.05) is 56.8 Å². The Morgan fingerprint density at radius 2 is 1.85 bits per heavy atom. The van der Waals surface area contributed by atoms with Gasteiger partial charge in [-0.25, -0.2) is 9.37 Å². The number of ether oxygens (including phenoxy) is 1. The number of aromatic nitrogens is 2. The number of nitrogens with one attached hydrogen (secondary N) is 1. The second kappa shape index (κ2) is 8.08. The summed E-state index contributed by atoms with van der Waals surface area (Å²) in [5.74, 6) is 1.42. The summed E-state index contributed by atoms with van der Waals surface area (Å²) in [4.78, 5) is 13.8. The molecule has 0 aliphatic carbocycles. The van der Waals surface area contributed by atoms with Crippen molar-refractivity contribution in [3.05, 3.63) is 41.8 Å². The molecule has 4 rings (SSSR count). The lowest BCUT2D eigenvalue weighted by molar-refractivity contribution is 0.120. The number of piperazine rings is 1. The Balaban J connectivity index is 1.37. The summed E-state index contributed by atoms with van der Waals surface area (Å²) < 4.78 is 18.8. The van der Waals surface area contributed by atoms with E-state index >= 15 is 0 Å². The predicted molar refractivity (Wildman–Crippen MR) is 105 cm³/mol. The first-order chi connectivity index (χ1) is 13.2. The largest absolute Gasteiger partial charge is 0.376 e. The minimum Gasteiger partial charge on any atom is -0.376 e. The molecule has 1 atom stereocenters. The minimum absolute atomic E-state index is 0.200. The summed E-state index contributed by atoms with van der Waals surface area (Å²) in [5, 5.41) is 3.40. The van der Waals surface area contributed by atoms with Gasteiger partial charge in [-0.15, -0.1) is 0 Å². The van der Waals surface area contributed by atoms with Gasteiger partial charge in [0.25, 0.3) is 0 Å². The van der Waals surface area contributed by atoms with Crippen molar-refractivity contribution in [3.63, 3.8) is 0 Å². The van der Waals surface area contributed by atoms with Crippen LogP contribution in [0.2, 0.25) is 0 Å². The maximum Gasteiger partial charge on any atom is 0.227 e. The van der Waals surface area contributed by atoms with Crippen LogP contribution in [0.4, 0.5) is 21.8 Å². The molecule has 0 bridgehead atoms. The van der Waals surface area contributed by atoms with E-state index in [9.17, 15) is 4.39 Å². The lowest BCUT2D eigenvalue weighted by atomic mass is 10.2. The highest BCUT2D eigenvalue weighted by molar-refractivity contribution is 5.49. The fraction of sp³-hybridized carbons (Fsp3) is 0.500. The number of aryl methyl sites for hydroxylation is 1. The summed E-state index contributed by atoms with van der Waals surface area (Å²) in [7, 11) is 0. The van der Waals surface area contributed by atoms with Crippen LogP contribution >= 0.6 is 0 Å². The highest BCUT2D eigenvalue weighted by Gasteiger charge is 2.20. The van der Waals surface area contributed by atoms with Gasteiger partial charge < -0.3 is 19.9 Å². The SMILES string of the molecule is Cc1cc(NCC2CCCO2)nc(N2CCN(c3ccc(F)cc3)CC2)n1. The summed E-state index contributed by atoms with van der Waals surface area (Å²) in [6.45, 7) is 7.05. The first-order valence-corrected chi connectivity index (χ1v) is 9.64.